The summed E-state index contributed by atoms with van der Waals surface area (Å²) in [5, 5.41) is 0. The van der Waals surface area contributed by atoms with Crippen molar-refractivity contribution in [2.24, 2.45) is 0 Å². The standard InChI is InChI=1S/C12H10ClNO4S/c1-7(15)18-10(13)6-19-14-11(16)8-4-2-3-5-9(8)12(14)17/h2-5,10H,6H2,1H3. The fraction of sp³-hybridized carbons (Fsp3) is 0.250. The summed E-state index contributed by atoms with van der Waals surface area (Å²) in [6.45, 7) is 1.24. The van der Waals surface area contributed by atoms with Crippen molar-refractivity contribution in [1.29, 1.82) is 0 Å². The number of ether oxygens (including phenoxy) is 1. The Morgan fingerprint density at radius 3 is 2.32 bits per heavy atom. The van der Waals surface area contributed by atoms with Gasteiger partial charge in [-0.3, -0.25) is 14.4 Å². The van der Waals surface area contributed by atoms with Gasteiger partial charge in [0.15, 0.2) is 5.56 Å². The molecular weight excluding hydrogens is 290 g/mol. The highest BCUT2D eigenvalue weighted by Crippen LogP contribution is 2.29. The lowest BCUT2D eigenvalue weighted by Gasteiger charge is -2.14. The number of rotatable bonds is 4. The van der Waals surface area contributed by atoms with Crippen LogP contribution in [0.3, 0.4) is 0 Å². The number of hydrogen-bond donors (Lipinski definition) is 0. The second-order valence-corrected chi connectivity index (χ2v) is 5.21. The molecule has 1 heterocycles. The molecule has 19 heavy (non-hydrogen) atoms. The van der Waals surface area contributed by atoms with Gasteiger partial charge < -0.3 is 4.74 Å². The Bertz CT molecular complexity index is 513. The normalized spacial score (nSPS) is 15.4. The maximum Gasteiger partial charge on any atom is 0.304 e. The summed E-state index contributed by atoms with van der Waals surface area (Å²) in [5.41, 5.74) is -0.135. The highest BCUT2D eigenvalue weighted by molar-refractivity contribution is 7.98. The Morgan fingerprint density at radius 2 is 1.84 bits per heavy atom. The van der Waals surface area contributed by atoms with Crippen molar-refractivity contribution in [3.8, 4) is 0 Å². The van der Waals surface area contributed by atoms with E-state index in [9.17, 15) is 14.4 Å². The van der Waals surface area contributed by atoms with Crippen molar-refractivity contribution in [1.82, 2.24) is 4.31 Å². The molecule has 2 amide bonds. The predicted octanol–water partition coefficient (Wildman–Crippen LogP) is 2.06. The summed E-state index contributed by atoms with van der Waals surface area (Å²) in [6, 6.07) is 6.59. The van der Waals surface area contributed by atoms with Gasteiger partial charge in [0.1, 0.15) is 0 Å². The minimum atomic E-state index is -0.883. The van der Waals surface area contributed by atoms with E-state index in [0.717, 1.165) is 16.3 Å². The molecule has 0 spiro atoms. The van der Waals surface area contributed by atoms with E-state index in [0.29, 0.717) is 11.1 Å². The molecule has 1 aliphatic rings. The number of alkyl halides is 1. The predicted molar refractivity (Wildman–Crippen MR) is 70.8 cm³/mol. The zero-order chi connectivity index (χ0) is 14.0. The molecule has 2 rings (SSSR count). The van der Waals surface area contributed by atoms with Crippen LogP contribution in [0, 0.1) is 0 Å². The van der Waals surface area contributed by atoms with E-state index in [-0.39, 0.29) is 17.6 Å². The number of halogens is 1. The number of amides is 2. The van der Waals surface area contributed by atoms with E-state index in [1.54, 1.807) is 24.3 Å². The van der Waals surface area contributed by atoms with Crippen molar-refractivity contribution in [3.05, 3.63) is 35.4 Å². The summed E-state index contributed by atoms with van der Waals surface area (Å²) in [4.78, 5) is 34.6. The van der Waals surface area contributed by atoms with Crippen molar-refractivity contribution in [2.45, 2.75) is 12.5 Å². The molecule has 1 unspecified atom stereocenters. The fourth-order valence-corrected chi connectivity index (χ4v) is 2.69. The number of carbonyl (C=O) groups excluding carboxylic acids is 3. The highest BCUT2D eigenvalue weighted by Gasteiger charge is 2.36. The number of fused-ring (bicyclic) bond motifs is 1. The third-order valence-corrected chi connectivity index (χ3v) is 3.85. The van der Waals surface area contributed by atoms with Gasteiger partial charge in [-0.25, -0.2) is 4.31 Å². The summed E-state index contributed by atoms with van der Waals surface area (Å²) >= 11 is 6.68. The van der Waals surface area contributed by atoms with Gasteiger partial charge in [-0.1, -0.05) is 23.7 Å². The lowest BCUT2D eigenvalue weighted by Crippen LogP contribution is -2.25. The van der Waals surface area contributed by atoms with Crippen LogP contribution in [0.5, 0.6) is 0 Å². The molecule has 0 bridgehead atoms. The first-order valence-electron chi connectivity index (χ1n) is 5.42. The van der Waals surface area contributed by atoms with Crippen molar-refractivity contribution in [2.75, 3.05) is 5.75 Å². The Morgan fingerprint density at radius 1 is 1.32 bits per heavy atom. The monoisotopic (exact) mass is 299 g/mol. The quantitative estimate of drug-likeness (QED) is 0.368. The summed E-state index contributed by atoms with van der Waals surface area (Å²) in [5.74, 6) is -1.15. The lowest BCUT2D eigenvalue weighted by atomic mass is 10.1. The topological polar surface area (TPSA) is 63.7 Å². The number of imide groups is 1. The van der Waals surface area contributed by atoms with Gasteiger partial charge in [-0.15, -0.1) is 0 Å². The molecule has 5 nitrogen and oxygen atoms in total. The average Bonchev–Trinajstić information content (AvgIpc) is 2.60. The molecule has 0 fully saturated rings. The van der Waals surface area contributed by atoms with Gasteiger partial charge in [-0.05, 0) is 24.1 Å². The molecule has 1 aliphatic heterocycles. The van der Waals surface area contributed by atoms with Gasteiger partial charge in [0.2, 0.25) is 0 Å². The minimum Gasteiger partial charge on any atom is -0.445 e. The Labute approximate surface area is 119 Å². The van der Waals surface area contributed by atoms with Crippen LogP contribution < -0.4 is 0 Å². The first-order valence-corrected chi connectivity index (χ1v) is 6.80. The van der Waals surface area contributed by atoms with Crippen LogP contribution in [-0.4, -0.2) is 33.4 Å². The van der Waals surface area contributed by atoms with E-state index >= 15 is 0 Å². The first-order chi connectivity index (χ1) is 9.00. The Kier molecular flexibility index (Phi) is 4.11. The zero-order valence-corrected chi connectivity index (χ0v) is 11.5. The molecule has 0 aliphatic carbocycles. The number of hydrogen-bond acceptors (Lipinski definition) is 5. The largest absolute Gasteiger partial charge is 0.445 e. The van der Waals surface area contributed by atoms with Crippen LogP contribution in [0.2, 0.25) is 0 Å². The van der Waals surface area contributed by atoms with Gasteiger partial charge in [0, 0.05) is 6.92 Å². The molecule has 0 N–H and O–H groups in total. The summed E-state index contributed by atoms with van der Waals surface area (Å²) in [7, 11) is 0. The number of carbonyl (C=O) groups is 3. The van der Waals surface area contributed by atoms with E-state index in [2.05, 4.69) is 0 Å². The highest BCUT2D eigenvalue weighted by atomic mass is 35.5. The second-order valence-electron chi connectivity index (χ2n) is 3.77. The molecule has 0 aromatic heterocycles. The van der Waals surface area contributed by atoms with Crippen LogP contribution in [-0.2, 0) is 9.53 Å². The number of nitrogens with zero attached hydrogens (tertiary/aromatic N) is 1. The van der Waals surface area contributed by atoms with Crippen LogP contribution >= 0.6 is 23.5 Å². The molecule has 7 heteroatoms. The van der Waals surface area contributed by atoms with Crippen LogP contribution in [0.25, 0.3) is 0 Å². The maximum atomic E-state index is 12.0. The van der Waals surface area contributed by atoms with E-state index in [4.69, 9.17) is 16.3 Å². The second kappa shape index (κ2) is 5.63. The first kappa shape index (κ1) is 13.9. The maximum absolute atomic E-state index is 12.0. The smallest absolute Gasteiger partial charge is 0.304 e. The Hall–Kier alpha value is -1.53. The molecule has 1 aromatic rings. The van der Waals surface area contributed by atoms with Crippen molar-refractivity contribution >= 4 is 41.3 Å². The summed E-state index contributed by atoms with van der Waals surface area (Å²) in [6.07, 6.45) is 0. The van der Waals surface area contributed by atoms with Crippen LogP contribution in [0.4, 0.5) is 0 Å². The molecule has 100 valence electrons. The average molecular weight is 300 g/mol. The van der Waals surface area contributed by atoms with E-state index in [1.807, 2.05) is 0 Å². The van der Waals surface area contributed by atoms with Crippen LogP contribution in [0.1, 0.15) is 27.6 Å². The van der Waals surface area contributed by atoms with Gasteiger partial charge in [-0.2, -0.15) is 0 Å². The molecule has 0 radical (unpaired) electrons. The van der Waals surface area contributed by atoms with Gasteiger partial charge in [0.05, 0.1) is 16.9 Å². The third-order valence-electron chi connectivity index (χ3n) is 2.39. The number of esters is 1. The third kappa shape index (κ3) is 2.90. The summed E-state index contributed by atoms with van der Waals surface area (Å²) < 4.78 is 5.75. The molecule has 1 atom stereocenters. The van der Waals surface area contributed by atoms with Gasteiger partial charge >= 0.3 is 5.97 Å². The van der Waals surface area contributed by atoms with Crippen molar-refractivity contribution in [3.63, 3.8) is 0 Å². The lowest BCUT2D eigenvalue weighted by molar-refractivity contribution is -0.141. The number of benzene rings is 1. The van der Waals surface area contributed by atoms with Gasteiger partial charge in [0.25, 0.3) is 11.8 Å². The molecule has 0 saturated carbocycles. The zero-order valence-electron chi connectivity index (χ0n) is 9.96. The fourth-order valence-electron chi connectivity index (χ4n) is 1.63. The van der Waals surface area contributed by atoms with E-state index in [1.165, 1.54) is 6.92 Å². The molecule has 0 saturated heterocycles. The van der Waals surface area contributed by atoms with Crippen LogP contribution in [0.15, 0.2) is 24.3 Å². The Balaban J connectivity index is 2.02. The SMILES string of the molecule is CC(=O)OC(Cl)CSN1C(=O)c2ccccc2C1=O. The van der Waals surface area contributed by atoms with E-state index < -0.39 is 11.5 Å². The molecular formula is C12H10ClNO4S. The molecule has 1 aromatic carbocycles. The minimum absolute atomic E-state index is 0.118. The van der Waals surface area contributed by atoms with Crippen molar-refractivity contribution < 1.29 is 19.1 Å².